The van der Waals surface area contributed by atoms with Crippen LogP contribution in [0.3, 0.4) is 0 Å². The number of phenolic OH excluding ortho intramolecular Hbond substituents is 1. The molecule has 1 N–H and O–H groups in total. The fourth-order valence-corrected chi connectivity index (χ4v) is 3.74. The summed E-state index contributed by atoms with van der Waals surface area (Å²) in [6.07, 6.45) is 0. The number of hydrogen-bond donors (Lipinski definition) is 1. The Morgan fingerprint density at radius 3 is 2.73 bits per heavy atom. The Morgan fingerprint density at radius 1 is 1.27 bits per heavy atom. The summed E-state index contributed by atoms with van der Waals surface area (Å²) >= 11 is 0. The minimum Gasteiger partial charge on any atom is -0.508 e. The first kappa shape index (κ1) is 13.7. The van der Waals surface area contributed by atoms with Gasteiger partial charge in [-0.2, -0.15) is 0 Å². The van der Waals surface area contributed by atoms with E-state index < -0.39 is 0 Å². The van der Waals surface area contributed by atoms with Crippen LogP contribution < -0.4 is 0 Å². The minimum atomic E-state index is 0.201. The molecule has 6 heteroatoms. The van der Waals surface area contributed by atoms with Crippen LogP contribution in [0.2, 0.25) is 0 Å². The molecule has 3 atom stereocenters. The van der Waals surface area contributed by atoms with Crippen molar-refractivity contribution in [1.29, 1.82) is 0 Å². The van der Waals surface area contributed by atoms with Crippen LogP contribution in [0.25, 0.3) is 11.5 Å². The van der Waals surface area contributed by atoms with E-state index in [0.717, 1.165) is 36.5 Å². The van der Waals surface area contributed by atoms with E-state index in [-0.39, 0.29) is 5.75 Å². The van der Waals surface area contributed by atoms with Crippen LogP contribution >= 0.6 is 0 Å². The van der Waals surface area contributed by atoms with Crippen LogP contribution in [0.4, 0.5) is 0 Å². The highest BCUT2D eigenvalue weighted by atomic mass is 16.4. The largest absolute Gasteiger partial charge is 0.508 e. The molecule has 2 fully saturated rings. The fraction of sp³-hybridized carbons (Fsp3) is 0.500. The van der Waals surface area contributed by atoms with E-state index >= 15 is 0 Å². The van der Waals surface area contributed by atoms with Gasteiger partial charge in [-0.1, -0.05) is 6.07 Å². The van der Waals surface area contributed by atoms with Crippen LogP contribution in [0, 0.1) is 11.8 Å². The summed E-state index contributed by atoms with van der Waals surface area (Å²) in [6.45, 7) is 2.92. The quantitative estimate of drug-likeness (QED) is 0.921. The van der Waals surface area contributed by atoms with Crippen molar-refractivity contribution in [3.8, 4) is 17.2 Å². The molecule has 116 valence electrons. The summed E-state index contributed by atoms with van der Waals surface area (Å²) in [5.74, 6) is 2.89. The molecule has 1 unspecified atom stereocenters. The Balaban J connectivity index is 1.40. The highest BCUT2D eigenvalue weighted by molar-refractivity contribution is 5.54. The third-order valence-electron chi connectivity index (χ3n) is 4.74. The lowest BCUT2D eigenvalue weighted by Gasteiger charge is -2.20. The Labute approximate surface area is 129 Å². The highest BCUT2D eigenvalue weighted by Gasteiger charge is 2.56. The molecule has 0 radical (unpaired) electrons. The number of benzene rings is 1. The van der Waals surface area contributed by atoms with E-state index in [2.05, 4.69) is 34.1 Å². The van der Waals surface area contributed by atoms with Crippen molar-refractivity contribution >= 4 is 0 Å². The second kappa shape index (κ2) is 5.07. The zero-order valence-corrected chi connectivity index (χ0v) is 12.8. The van der Waals surface area contributed by atoms with Crippen molar-refractivity contribution in [2.24, 2.45) is 11.8 Å². The smallest absolute Gasteiger partial charge is 0.247 e. The number of phenols is 1. The maximum absolute atomic E-state index is 9.51. The number of hydrogen-bond acceptors (Lipinski definition) is 6. The molecule has 1 aromatic carbocycles. The van der Waals surface area contributed by atoms with Crippen LogP contribution in [0.5, 0.6) is 5.75 Å². The van der Waals surface area contributed by atoms with Gasteiger partial charge in [-0.3, -0.25) is 4.90 Å². The standard InChI is InChI=1S/C16H20N4O2/c1-19(2)15-12-7-20(8-13(12)15)9-14-17-18-16(22-14)10-4-3-5-11(21)6-10/h3-6,12-13,15,21H,7-9H2,1-2H3/t12-,13+,15?. The molecular formula is C16H20N4O2. The molecule has 0 spiro atoms. The maximum atomic E-state index is 9.51. The second-order valence-corrected chi connectivity index (χ2v) is 6.53. The fourth-order valence-electron chi connectivity index (χ4n) is 3.74. The number of rotatable bonds is 4. The predicted octanol–water partition coefficient (Wildman–Crippen LogP) is 1.43. The second-order valence-electron chi connectivity index (χ2n) is 6.53. The summed E-state index contributed by atoms with van der Waals surface area (Å²) in [6, 6.07) is 7.62. The van der Waals surface area contributed by atoms with Gasteiger partial charge in [0.25, 0.3) is 0 Å². The molecule has 22 heavy (non-hydrogen) atoms. The number of aromatic hydroxyl groups is 1. The molecule has 1 aliphatic heterocycles. The van der Waals surface area contributed by atoms with Gasteiger partial charge in [0.05, 0.1) is 6.54 Å². The molecule has 1 aliphatic carbocycles. The van der Waals surface area contributed by atoms with Crippen molar-refractivity contribution in [2.75, 3.05) is 27.2 Å². The maximum Gasteiger partial charge on any atom is 0.247 e. The van der Waals surface area contributed by atoms with E-state index in [1.807, 2.05) is 6.07 Å². The lowest BCUT2D eigenvalue weighted by molar-refractivity contribution is 0.227. The zero-order valence-electron chi connectivity index (χ0n) is 12.8. The van der Waals surface area contributed by atoms with Crippen LogP contribution in [-0.2, 0) is 6.54 Å². The van der Waals surface area contributed by atoms with Crippen molar-refractivity contribution < 1.29 is 9.52 Å². The Bertz CT molecular complexity index is 672. The average molecular weight is 300 g/mol. The predicted molar refractivity (Wildman–Crippen MR) is 81.1 cm³/mol. The average Bonchev–Trinajstić information content (AvgIpc) is 2.85. The van der Waals surface area contributed by atoms with E-state index in [9.17, 15) is 5.11 Å². The monoisotopic (exact) mass is 300 g/mol. The molecule has 1 aromatic heterocycles. The Hall–Kier alpha value is -1.92. The topological polar surface area (TPSA) is 65.6 Å². The molecular weight excluding hydrogens is 280 g/mol. The van der Waals surface area contributed by atoms with E-state index in [1.54, 1.807) is 18.2 Å². The van der Waals surface area contributed by atoms with Gasteiger partial charge in [-0.15, -0.1) is 10.2 Å². The summed E-state index contributed by atoms with van der Waals surface area (Å²) in [5, 5.41) is 17.7. The van der Waals surface area contributed by atoms with E-state index in [4.69, 9.17) is 4.42 Å². The van der Waals surface area contributed by atoms with E-state index in [1.165, 1.54) is 0 Å². The molecule has 0 bridgehead atoms. The van der Waals surface area contributed by atoms with Gasteiger partial charge in [-0.25, -0.2) is 0 Å². The number of aromatic nitrogens is 2. The first-order valence-electron chi connectivity index (χ1n) is 7.62. The van der Waals surface area contributed by atoms with Crippen molar-refractivity contribution in [1.82, 2.24) is 20.0 Å². The summed E-state index contributed by atoms with van der Waals surface area (Å²) in [7, 11) is 4.32. The molecule has 2 aromatic rings. The third kappa shape index (κ3) is 2.38. The molecule has 1 saturated heterocycles. The van der Waals surface area contributed by atoms with Gasteiger partial charge in [0.1, 0.15) is 5.75 Å². The van der Waals surface area contributed by atoms with Crippen molar-refractivity contribution in [3.05, 3.63) is 30.2 Å². The molecule has 2 aliphatic rings. The number of piperidine rings is 1. The zero-order chi connectivity index (χ0) is 15.3. The molecule has 4 rings (SSSR count). The number of fused-ring (bicyclic) bond motifs is 1. The number of likely N-dealkylation sites (tertiary alicyclic amines) is 1. The molecule has 2 heterocycles. The first-order valence-corrected chi connectivity index (χ1v) is 7.62. The van der Waals surface area contributed by atoms with Gasteiger partial charge >= 0.3 is 0 Å². The van der Waals surface area contributed by atoms with Crippen molar-refractivity contribution in [2.45, 2.75) is 12.6 Å². The normalized spacial score (nSPS) is 27.3. The van der Waals surface area contributed by atoms with Gasteiger partial charge in [0, 0.05) is 24.7 Å². The van der Waals surface area contributed by atoms with Gasteiger partial charge < -0.3 is 14.4 Å². The first-order chi connectivity index (χ1) is 10.6. The van der Waals surface area contributed by atoms with E-state index in [0.29, 0.717) is 18.3 Å². The Morgan fingerprint density at radius 2 is 2.05 bits per heavy atom. The summed E-state index contributed by atoms with van der Waals surface area (Å²) < 4.78 is 5.73. The van der Waals surface area contributed by atoms with Gasteiger partial charge in [0.15, 0.2) is 0 Å². The molecule has 6 nitrogen and oxygen atoms in total. The van der Waals surface area contributed by atoms with Gasteiger partial charge in [0.2, 0.25) is 11.8 Å². The Kier molecular flexibility index (Phi) is 3.16. The van der Waals surface area contributed by atoms with Crippen molar-refractivity contribution in [3.63, 3.8) is 0 Å². The molecule has 0 amide bonds. The molecule has 1 saturated carbocycles. The van der Waals surface area contributed by atoms with Crippen LogP contribution in [0.1, 0.15) is 5.89 Å². The van der Waals surface area contributed by atoms with Crippen LogP contribution in [0.15, 0.2) is 28.7 Å². The van der Waals surface area contributed by atoms with Gasteiger partial charge in [-0.05, 0) is 44.1 Å². The minimum absolute atomic E-state index is 0.201. The lowest BCUT2D eigenvalue weighted by atomic mass is 10.2. The SMILES string of the molecule is CN(C)C1[C@H]2CN(Cc3nnc(-c4cccc(O)c4)o3)C[C@@H]12. The summed E-state index contributed by atoms with van der Waals surface area (Å²) in [4.78, 5) is 4.72. The summed E-state index contributed by atoms with van der Waals surface area (Å²) in [5.41, 5.74) is 0.746. The number of nitrogens with zero attached hydrogens (tertiary/aromatic N) is 4. The lowest BCUT2D eigenvalue weighted by Crippen LogP contribution is -2.30. The third-order valence-corrected chi connectivity index (χ3v) is 4.74. The highest BCUT2D eigenvalue weighted by Crippen LogP contribution is 2.48. The van der Waals surface area contributed by atoms with Crippen LogP contribution in [-0.4, -0.2) is 58.3 Å².